The highest BCUT2D eigenvalue weighted by Crippen LogP contribution is 2.39. The third kappa shape index (κ3) is 3.30. The number of ketones is 1. The van der Waals surface area contributed by atoms with Crippen molar-refractivity contribution in [3.63, 3.8) is 0 Å². The number of halogens is 1. The highest BCUT2D eigenvalue weighted by Gasteiger charge is 2.37. The minimum absolute atomic E-state index is 0.0361. The molecular formula is C20H22BrNO4. The molecule has 3 rings (SSSR count). The van der Waals surface area contributed by atoms with Crippen LogP contribution in [0.4, 0.5) is 5.69 Å². The number of carbonyl (C=O) groups excluding carboxylic acids is 2. The Balaban J connectivity index is 1.97. The lowest BCUT2D eigenvalue weighted by Crippen LogP contribution is -2.26. The molecule has 0 saturated heterocycles. The molecule has 1 amide bonds. The van der Waals surface area contributed by atoms with Crippen molar-refractivity contribution in [2.45, 2.75) is 40.5 Å². The number of Topliss-reactive ketones (excluding diaryl/α,β-unsaturated/α-hetero) is 1. The largest absolute Gasteiger partial charge is 0.495 e. The second-order valence-electron chi connectivity index (χ2n) is 7.55. The number of hydrogen-bond donors (Lipinski definition) is 1. The maximum Gasteiger partial charge on any atom is 0.291 e. The van der Waals surface area contributed by atoms with Gasteiger partial charge in [0.05, 0.1) is 18.4 Å². The molecule has 26 heavy (non-hydrogen) atoms. The van der Waals surface area contributed by atoms with Gasteiger partial charge in [0, 0.05) is 22.9 Å². The molecule has 1 aromatic carbocycles. The van der Waals surface area contributed by atoms with Gasteiger partial charge in [0.15, 0.2) is 11.5 Å². The van der Waals surface area contributed by atoms with Crippen LogP contribution in [0.5, 0.6) is 5.75 Å². The first kappa shape index (κ1) is 18.7. The van der Waals surface area contributed by atoms with E-state index in [2.05, 4.69) is 21.2 Å². The van der Waals surface area contributed by atoms with Crippen LogP contribution in [0.2, 0.25) is 0 Å². The molecule has 6 heteroatoms. The first-order valence-electron chi connectivity index (χ1n) is 8.44. The quantitative estimate of drug-likeness (QED) is 0.753. The van der Waals surface area contributed by atoms with E-state index in [1.807, 2.05) is 26.8 Å². The number of carbonyl (C=O) groups is 2. The summed E-state index contributed by atoms with van der Waals surface area (Å²) < 4.78 is 12.1. The summed E-state index contributed by atoms with van der Waals surface area (Å²) in [7, 11) is 1.55. The van der Waals surface area contributed by atoms with E-state index in [9.17, 15) is 9.59 Å². The molecule has 0 aliphatic heterocycles. The number of aryl methyl sites for hydroxylation is 1. The van der Waals surface area contributed by atoms with Crippen LogP contribution in [0.25, 0.3) is 0 Å². The summed E-state index contributed by atoms with van der Waals surface area (Å²) in [6.45, 7) is 7.71. The average molecular weight is 420 g/mol. The van der Waals surface area contributed by atoms with Gasteiger partial charge in [0.2, 0.25) is 0 Å². The molecule has 1 N–H and O–H groups in total. The maximum atomic E-state index is 12.8. The number of rotatable bonds is 3. The Bertz CT molecular complexity index is 911. The van der Waals surface area contributed by atoms with Crippen molar-refractivity contribution in [2.24, 2.45) is 5.41 Å². The Labute approximate surface area is 161 Å². The highest BCUT2D eigenvalue weighted by molar-refractivity contribution is 9.10. The van der Waals surface area contributed by atoms with Crippen LogP contribution in [0, 0.1) is 19.3 Å². The van der Waals surface area contributed by atoms with E-state index in [1.54, 1.807) is 20.1 Å². The fourth-order valence-corrected chi connectivity index (χ4v) is 4.05. The van der Waals surface area contributed by atoms with Crippen molar-refractivity contribution >= 4 is 33.3 Å². The minimum atomic E-state index is -0.383. The summed E-state index contributed by atoms with van der Waals surface area (Å²) in [6.07, 6.45) is 1.10. The van der Waals surface area contributed by atoms with E-state index in [-0.39, 0.29) is 22.9 Å². The van der Waals surface area contributed by atoms with Crippen LogP contribution >= 0.6 is 15.9 Å². The number of anilines is 1. The fourth-order valence-electron chi connectivity index (χ4n) is 3.50. The number of fused-ring (bicyclic) bond motifs is 1. The van der Waals surface area contributed by atoms with Crippen LogP contribution < -0.4 is 10.1 Å². The van der Waals surface area contributed by atoms with Crippen molar-refractivity contribution in [2.75, 3.05) is 12.4 Å². The molecule has 0 bridgehead atoms. The molecule has 1 aliphatic rings. The Morgan fingerprint density at radius 1 is 1.27 bits per heavy atom. The van der Waals surface area contributed by atoms with Gasteiger partial charge in [-0.2, -0.15) is 0 Å². The highest BCUT2D eigenvalue weighted by atomic mass is 79.9. The molecule has 0 radical (unpaired) electrons. The zero-order chi connectivity index (χ0) is 19.2. The van der Waals surface area contributed by atoms with Crippen LogP contribution in [0.3, 0.4) is 0 Å². The van der Waals surface area contributed by atoms with Crippen LogP contribution in [0.15, 0.2) is 21.0 Å². The second-order valence-corrected chi connectivity index (χ2v) is 8.47. The molecule has 0 atom stereocenters. The van der Waals surface area contributed by atoms with Gasteiger partial charge < -0.3 is 14.5 Å². The van der Waals surface area contributed by atoms with Gasteiger partial charge in [-0.3, -0.25) is 9.59 Å². The number of furan rings is 1. The Kier molecular flexibility index (Phi) is 4.73. The molecule has 0 fully saturated rings. The monoisotopic (exact) mass is 419 g/mol. The SMILES string of the molecule is COc1cc(Br)cc(C)c1NC(=O)c1oc2c(c1C)C(=O)CC(C)(C)C2. The third-order valence-corrected chi connectivity index (χ3v) is 5.16. The molecule has 1 aliphatic carbocycles. The topological polar surface area (TPSA) is 68.5 Å². The van der Waals surface area contributed by atoms with Gasteiger partial charge in [0.1, 0.15) is 11.5 Å². The van der Waals surface area contributed by atoms with Gasteiger partial charge in [-0.1, -0.05) is 29.8 Å². The second kappa shape index (κ2) is 6.58. The Hall–Kier alpha value is -2.08. The molecular weight excluding hydrogens is 398 g/mol. The van der Waals surface area contributed by atoms with Crippen LogP contribution in [0.1, 0.15) is 58.1 Å². The van der Waals surface area contributed by atoms with Crippen molar-refractivity contribution in [1.29, 1.82) is 0 Å². The Morgan fingerprint density at radius 3 is 2.62 bits per heavy atom. The first-order valence-corrected chi connectivity index (χ1v) is 9.23. The van der Waals surface area contributed by atoms with Gasteiger partial charge in [0.25, 0.3) is 5.91 Å². The molecule has 2 aromatic rings. The van der Waals surface area contributed by atoms with E-state index in [1.165, 1.54) is 0 Å². The number of hydrogen-bond acceptors (Lipinski definition) is 4. The summed E-state index contributed by atoms with van der Waals surface area (Å²) in [6, 6.07) is 3.68. The van der Waals surface area contributed by atoms with Crippen molar-refractivity contribution in [3.8, 4) is 5.75 Å². The van der Waals surface area contributed by atoms with E-state index < -0.39 is 0 Å². The zero-order valence-corrected chi connectivity index (χ0v) is 17.2. The predicted molar refractivity (Wildman–Crippen MR) is 103 cm³/mol. The molecule has 0 spiro atoms. The van der Waals surface area contributed by atoms with Gasteiger partial charge in [-0.05, 0) is 37.0 Å². The van der Waals surface area contributed by atoms with Crippen molar-refractivity contribution in [1.82, 2.24) is 0 Å². The maximum absolute atomic E-state index is 12.8. The molecule has 0 saturated carbocycles. The lowest BCUT2D eigenvalue weighted by Gasteiger charge is -2.27. The molecule has 138 valence electrons. The van der Waals surface area contributed by atoms with E-state index in [4.69, 9.17) is 9.15 Å². The number of nitrogens with one attached hydrogen (secondary N) is 1. The lowest BCUT2D eigenvalue weighted by atomic mass is 9.76. The van der Waals surface area contributed by atoms with Gasteiger partial charge >= 0.3 is 0 Å². The normalized spacial score (nSPS) is 15.5. The summed E-state index contributed by atoms with van der Waals surface area (Å²) in [5.74, 6) is 0.996. The summed E-state index contributed by atoms with van der Waals surface area (Å²) in [5, 5.41) is 2.87. The number of amides is 1. The summed E-state index contributed by atoms with van der Waals surface area (Å²) >= 11 is 3.42. The number of ether oxygens (including phenoxy) is 1. The van der Waals surface area contributed by atoms with Gasteiger partial charge in [-0.15, -0.1) is 0 Å². The molecule has 5 nitrogen and oxygen atoms in total. The van der Waals surface area contributed by atoms with E-state index in [0.717, 1.165) is 10.0 Å². The average Bonchev–Trinajstić information content (AvgIpc) is 2.84. The fraction of sp³-hybridized carbons (Fsp3) is 0.400. The predicted octanol–water partition coefficient (Wildman–Crippen LogP) is 5.07. The standard InChI is InChI=1S/C20H22BrNO4/c1-10-6-12(21)7-14(25-5)17(10)22-19(24)18-11(2)16-13(23)8-20(3,4)9-15(16)26-18/h6-7H,8-9H2,1-5H3,(H,22,24). The van der Waals surface area contributed by atoms with Crippen LogP contribution in [-0.4, -0.2) is 18.8 Å². The smallest absolute Gasteiger partial charge is 0.291 e. The van der Waals surface area contributed by atoms with E-state index >= 15 is 0 Å². The Morgan fingerprint density at radius 2 is 1.96 bits per heavy atom. The molecule has 0 unspecified atom stereocenters. The van der Waals surface area contributed by atoms with Crippen molar-refractivity contribution < 1.29 is 18.7 Å². The first-order chi connectivity index (χ1) is 12.1. The third-order valence-electron chi connectivity index (χ3n) is 4.71. The summed E-state index contributed by atoms with van der Waals surface area (Å²) in [4.78, 5) is 25.3. The number of methoxy groups -OCH3 is 1. The van der Waals surface area contributed by atoms with Crippen LogP contribution in [-0.2, 0) is 6.42 Å². The van der Waals surface area contributed by atoms with Crippen molar-refractivity contribution in [3.05, 3.63) is 44.8 Å². The van der Waals surface area contributed by atoms with E-state index in [0.29, 0.717) is 41.2 Å². The van der Waals surface area contributed by atoms with Gasteiger partial charge in [-0.25, -0.2) is 0 Å². The molecule has 1 heterocycles. The number of benzene rings is 1. The minimum Gasteiger partial charge on any atom is -0.495 e. The zero-order valence-electron chi connectivity index (χ0n) is 15.6. The molecule has 1 aromatic heterocycles. The lowest BCUT2D eigenvalue weighted by molar-refractivity contribution is 0.0898. The summed E-state index contributed by atoms with van der Waals surface area (Å²) in [5.41, 5.74) is 2.45.